The fraction of sp³-hybridized carbons (Fsp3) is 0.250. The molecule has 1 aliphatic rings. The van der Waals surface area contributed by atoms with Crippen LogP contribution >= 0.6 is 0 Å². The number of aromatic amines is 1. The van der Waals surface area contributed by atoms with Gasteiger partial charge in [-0.3, -0.25) is 9.69 Å². The number of nitrogens with zero attached hydrogens (tertiary/aromatic N) is 2. The maximum absolute atomic E-state index is 14.0. The number of carbonyl (C=O) groups excluding carboxylic acids is 1. The van der Waals surface area contributed by atoms with Crippen molar-refractivity contribution in [2.24, 2.45) is 0 Å². The summed E-state index contributed by atoms with van der Waals surface area (Å²) in [5, 5.41) is 2.87. The standard InChI is InChI=1S/C28H22F8N4O/c29-22-21(23(30)25(32)26(33)24(22)31)27(41)38-17-4-5-20-19(13-17)15(14-37-20)6-7-39-8-10-40(11-9-39)18-3-1-2-16(12-18)28(34,35)36/h1-5,12-14,37H,6-11H2,(H,38,41). The molecular weight excluding hydrogens is 560 g/mol. The zero-order valence-corrected chi connectivity index (χ0v) is 21.2. The second-order valence-electron chi connectivity index (χ2n) is 9.60. The molecule has 0 atom stereocenters. The van der Waals surface area contributed by atoms with E-state index < -0.39 is 52.3 Å². The molecule has 1 fully saturated rings. The van der Waals surface area contributed by atoms with E-state index in [1.807, 2.05) is 4.90 Å². The first-order valence-corrected chi connectivity index (χ1v) is 12.5. The molecule has 0 spiro atoms. The van der Waals surface area contributed by atoms with Gasteiger partial charge in [0.05, 0.1) is 5.56 Å². The zero-order chi connectivity index (χ0) is 29.5. The number of carbonyl (C=O) groups is 1. The van der Waals surface area contributed by atoms with E-state index in [9.17, 15) is 39.9 Å². The highest BCUT2D eigenvalue weighted by atomic mass is 19.4. The number of benzene rings is 3. The molecular formula is C28H22F8N4O. The van der Waals surface area contributed by atoms with E-state index in [1.54, 1.807) is 18.3 Å². The van der Waals surface area contributed by atoms with Crippen LogP contribution in [0.3, 0.4) is 0 Å². The molecule has 5 rings (SSSR count). The second kappa shape index (κ2) is 11.0. The number of piperazine rings is 1. The number of rotatable bonds is 6. The Bertz CT molecular complexity index is 1580. The Kier molecular flexibility index (Phi) is 7.64. The Hall–Kier alpha value is -4.13. The molecule has 0 saturated carbocycles. The summed E-state index contributed by atoms with van der Waals surface area (Å²) in [7, 11) is 0. The van der Waals surface area contributed by atoms with E-state index in [0.29, 0.717) is 55.7 Å². The quantitative estimate of drug-likeness (QED) is 0.155. The van der Waals surface area contributed by atoms with Crippen molar-refractivity contribution in [2.45, 2.75) is 12.6 Å². The maximum atomic E-state index is 14.0. The van der Waals surface area contributed by atoms with E-state index in [2.05, 4.69) is 15.2 Å². The van der Waals surface area contributed by atoms with Crippen LogP contribution in [-0.2, 0) is 12.6 Å². The Morgan fingerprint density at radius 2 is 1.51 bits per heavy atom. The number of amides is 1. The van der Waals surface area contributed by atoms with Crippen LogP contribution in [-0.4, -0.2) is 48.5 Å². The number of halogens is 8. The first-order chi connectivity index (χ1) is 19.4. The lowest BCUT2D eigenvalue weighted by molar-refractivity contribution is -0.137. The molecule has 13 heteroatoms. The van der Waals surface area contributed by atoms with Gasteiger partial charge in [0, 0.05) is 61.2 Å². The minimum absolute atomic E-state index is 0.0852. The predicted octanol–water partition coefficient (Wildman–Crippen LogP) is 6.50. The Labute approximate surface area is 228 Å². The van der Waals surface area contributed by atoms with Crippen LogP contribution < -0.4 is 10.2 Å². The van der Waals surface area contributed by atoms with Crippen LogP contribution in [0.15, 0.2) is 48.7 Å². The van der Waals surface area contributed by atoms with Crippen molar-refractivity contribution in [2.75, 3.05) is 42.9 Å². The van der Waals surface area contributed by atoms with Crippen LogP contribution in [0.2, 0.25) is 0 Å². The minimum Gasteiger partial charge on any atom is -0.369 e. The van der Waals surface area contributed by atoms with E-state index in [-0.39, 0.29) is 5.69 Å². The van der Waals surface area contributed by atoms with Gasteiger partial charge in [0.15, 0.2) is 23.3 Å². The molecule has 0 radical (unpaired) electrons. The van der Waals surface area contributed by atoms with Crippen molar-refractivity contribution in [1.82, 2.24) is 9.88 Å². The number of hydrogen-bond acceptors (Lipinski definition) is 3. The summed E-state index contributed by atoms with van der Waals surface area (Å²) in [6.07, 6.45) is -2.08. The fourth-order valence-corrected chi connectivity index (χ4v) is 4.85. The molecule has 0 aliphatic carbocycles. The Balaban J connectivity index is 1.23. The molecule has 2 heterocycles. The molecule has 0 bridgehead atoms. The average molecular weight is 582 g/mol. The summed E-state index contributed by atoms with van der Waals surface area (Å²) in [4.78, 5) is 19.6. The van der Waals surface area contributed by atoms with Crippen molar-refractivity contribution >= 4 is 28.2 Å². The van der Waals surface area contributed by atoms with Gasteiger partial charge in [-0.1, -0.05) is 6.07 Å². The molecule has 3 aromatic carbocycles. The number of nitrogens with one attached hydrogen (secondary N) is 2. The Morgan fingerprint density at radius 1 is 0.854 bits per heavy atom. The lowest BCUT2D eigenvalue weighted by atomic mass is 10.1. The number of anilines is 2. The molecule has 41 heavy (non-hydrogen) atoms. The van der Waals surface area contributed by atoms with Crippen molar-refractivity contribution in [3.63, 3.8) is 0 Å². The van der Waals surface area contributed by atoms with E-state index in [1.165, 1.54) is 18.2 Å². The highest BCUT2D eigenvalue weighted by Gasteiger charge is 2.32. The number of hydrogen-bond donors (Lipinski definition) is 2. The molecule has 216 valence electrons. The summed E-state index contributed by atoms with van der Waals surface area (Å²) >= 11 is 0. The number of fused-ring (bicyclic) bond motifs is 1. The zero-order valence-electron chi connectivity index (χ0n) is 21.2. The van der Waals surface area contributed by atoms with Crippen molar-refractivity contribution in [3.05, 3.63) is 94.4 Å². The van der Waals surface area contributed by atoms with E-state index >= 15 is 0 Å². The second-order valence-corrected chi connectivity index (χ2v) is 9.60. The first-order valence-electron chi connectivity index (χ1n) is 12.5. The number of alkyl halides is 3. The van der Waals surface area contributed by atoms with Gasteiger partial charge in [0.25, 0.3) is 5.91 Å². The fourth-order valence-electron chi connectivity index (χ4n) is 4.85. The molecule has 0 unspecified atom stereocenters. The van der Waals surface area contributed by atoms with Gasteiger partial charge in [-0.2, -0.15) is 13.2 Å². The highest BCUT2D eigenvalue weighted by Crippen LogP contribution is 2.32. The molecule has 1 amide bonds. The first kappa shape index (κ1) is 28.4. The van der Waals surface area contributed by atoms with Crippen LogP contribution in [0, 0.1) is 29.1 Å². The Morgan fingerprint density at radius 3 is 2.17 bits per heavy atom. The lowest BCUT2D eigenvalue weighted by Gasteiger charge is -2.36. The van der Waals surface area contributed by atoms with E-state index in [4.69, 9.17) is 0 Å². The average Bonchev–Trinajstić information content (AvgIpc) is 3.36. The number of aromatic nitrogens is 1. The third-order valence-corrected chi connectivity index (χ3v) is 7.07. The van der Waals surface area contributed by atoms with Gasteiger partial charge in [-0.25, -0.2) is 22.0 Å². The van der Waals surface area contributed by atoms with Crippen LogP contribution in [0.25, 0.3) is 10.9 Å². The summed E-state index contributed by atoms with van der Waals surface area (Å²) in [5.74, 6) is -12.7. The molecule has 2 N–H and O–H groups in total. The molecule has 1 saturated heterocycles. The lowest BCUT2D eigenvalue weighted by Crippen LogP contribution is -2.47. The maximum Gasteiger partial charge on any atom is 0.416 e. The normalized spacial score (nSPS) is 14.6. The van der Waals surface area contributed by atoms with Crippen molar-refractivity contribution in [3.8, 4) is 0 Å². The highest BCUT2D eigenvalue weighted by molar-refractivity contribution is 6.05. The predicted molar refractivity (Wildman–Crippen MR) is 136 cm³/mol. The summed E-state index contributed by atoms with van der Waals surface area (Å²) < 4.78 is 108. The van der Waals surface area contributed by atoms with Crippen LogP contribution in [0.1, 0.15) is 21.5 Å². The minimum atomic E-state index is -4.41. The number of H-pyrrole nitrogens is 1. The molecule has 5 nitrogen and oxygen atoms in total. The summed E-state index contributed by atoms with van der Waals surface area (Å²) in [6, 6.07) is 9.76. The summed E-state index contributed by atoms with van der Waals surface area (Å²) in [5.41, 5.74) is -0.130. The largest absolute Gasteiger partial charge is 0.416 e. The van der Waals surface area contributed by atoms with Crippen molar-refractivity contribution < 1.29 is 39.9 Å². The monoisotopic (exact) mass is 582 g/mol. The van der Waals surface area contributed by atoms with Gasteiger partial charge >= 0.3 is 6.18 Å². The molecule has 1 aromatic heterocycles. The topological polar surface area (TPSA) is 51.4 Å². The van der Waals surface area contributed by atoms with Crippen molar-refractivity contribution in [1.29, 1.82) is 0 Å². The summed E-state index contributed by atoms with van der Waals surface area (Å²) in [6.45, 7) is 2.97. The molecule has 1 aliphatic heterocycles. The van der Waals surface area contributed by atoms with Crippen LogP contribution in [0.5, 0.6) is 0 Å². The van der Waals surface area contributed by atoms with Crippen LogP contribution in [0.4, 0.5) is 46.5 Å². The van der Waals surface area contributed by atoms with Gasteiger partial charge in [0.2, 0.25) is 5.82 Å². The van der Waals surface area contributed by atoms with E-state index in [0.717, 1.165) is 17.7 Å². The van der Waals surface area contributed by atoms with Gasteiger partial charge in [-0.15, -0.1) is 0 Å². The third kappa shape index (κ3) is 5.71. The third-order valence-electron chi connectivity index (χ3n) is 7.07. The van der Waals surface area contributed by atoms with Gasteiger partial charge in [0.1, 0.15) is 5.56 Å². The SMILES string of the molecule is O=C(Nc1ccc2[nH]cc(CCN3CCN(c4cccc(C(F)(F)F)c4)CC3)c2c1)c1c(F)c(F)c(F)c(F)c1F. The smallest absolute Gasteiger partial charge is 0.369 e. The molecule has 4 aromatic rings. The van der Waals surface area contributed by atoms with Gasteiger partial charge < -0.3 is 15.2 Å². The van der Waals surface area contributed by atoms with Gasteiger partial charge in [-0.05, 0) is 48.4 Å².